The average molecular weight is 845 g/mol. The van der Waals surface area contributed by atoms with E-state index in [1.54, 1.807) is 0 Å². The molecule has 0 amide bonds. The topological polar surface area (TPSA) is 78.9 Å². The zero-order valence-electron chi connectivity index (χ0n) is 40.2. The van der Waals surface area contributed by atoms with Gasteiger partial charge in [0.25, 0.3) is 0 Å². The monoisotopic (exact) mass is 845 g/mol. The Morgan fingerprint density at radius 2 is 0.583 bits per heavy atom. The fourth-order valence-corrected chi connectivity index (χ4v) is 7.73. The summed E-state index contributed by atoms with van der Waals surface area (Å²) >= 11 is 0. The highest BCUT2D eigenvalue weighted by Crippen LogP contribution is 2.16. The normalized spacial score (nSPS) is 12.1. The predicted octanol–water partition coefficient (Wildman–Crippen LogP) is 17.2. The van der Waals surface area contributed by atoms with Crippen LogP contribution in [0, 0.1) is 0 Å². The van der Waals surface area contributed by atoms with Gasteiger partial charge in [0.1, 0.15) is 13.2 Å². The van der Waals surface area contributed by atoms with Crippen molar-refractivity contribution in [3.8, 4) is 0 Å². The molecule has 0 aliphatic heterocycles. The van der Waals surface area contributed by atoms with Gasteiger partial charge in [-0.3, -0.25) is 14.4 Å². The highest BCUT2D eigenvalue weighted by molar-refractivity contribution is 5.71. The van der Waals surface area contributed by atoms with Crippen LogP contribution in [0.4, 0.5) is 0 Å². The van der Waals surface area contributed by atoms with Crippen LogP contribution in [0.2, 0.25) is 0 Å². The molecule has 0 fully saturated rings. The number of carbonyl (C=O) groups is 3. The van der Waals surface area contributed by atoms with E-state index in [1.165, 1.54) is 186 Å². The number of hydrogen-bond donors (Lipinski definition) is 0. The maximum absolute atomic E-state index is 12.8. The molecule has 0 N–H and O–H groups in total. The summed E-state index contributed by atoms with van der Waals surface area (Å²) < 4.78 is 16.8. The Kier molecular flexibility index (Phi) is 47.8. The number of ether oxygens (including phenoxy) is 3. The van der Waals surface area contributed by atoms with Gasteiger partial charge in [-0.1, -0.05) is 244 Å². The number of allylic oxidation sites excluding steroid dienone is 4. The van der Waals surface area contributed by atoms with E-state index < -0.39 is 6.10 Å². The van der Waals surface area contributed by atoms with Crippen LogP contribution in [-0.4, -0.2) is 37.2 Å². The van der Waals surface area contributed by atoms with Crippen LogP contribution in [0.1, 0.15) is 284 Å². The van der Waals surface area contributed by atoms with Gasteiger partial charge >= 0.3 is 17.9 Å². The third-order valence-corrected chi connectivity index (χ3v) is 11.7. The Morgan fingerprint density at radius 3 is 0.917 bits per heavy atom. The molecule has 0 bridgehead atoms. The maximum atomic E-state index is 12.8. The third-order valence-electron chi connectivity index (χ3n) is 11.7. The standard InChI is InChI=1S/C54H100O6/c1-4-7-10-13-16-19-22-24-25-26-27-28-29-31-32-35-38-41-44-47-53(56)59-50-51(49-58-52(55)46-43-40-37-34-21-18-15-12-9-6-3)60-54(57)48-45-42-39-36-33-30-23-20-17-14-11-8-5-2/h16,19,22,24,51H,4-15,17-18,20-21,23,25-50H2,1-3H3/b19-16-,24-22-. The fourth-order valence-electron chi connectivity index (χ4n) is 7.73. The molecule has 0 aliphatic rings. The first-order chi connectivity index (χ1) is 29.5. The zero-order chi connectivity index (χ0) is 43.7. The Morgan fingerprint density at radius 1 is 0.333 bits per heavy atom. The number of hydrogen-bond acceptors (Lipinski definition) is 6. The summed E-state index contributed by atoms with van der Waals surface area (Å²) in [6.45, 7) is 6.62. The molecule has 0 aromatic rings. The van der Waals surface area contributed by atoms with Gasteiger partial charge < -0.3 is 14.2 Å². The first-order valence-corrected chi connectivity index (χ1v) is 26.4. The molecular weight excluding hydrogens is 745 g/mol. The third kappa shape index (κ3) is 46.9. The summed E-state index contributed by atoms with van der Waals surface area (Å²) in [6.07, 6.45) is 55.9. The van der Waals surface area contributed by atoms with Gasteiger partial charge in [0.05, 0.1) is 0 Å². The summed E-state index contributed by atoms with van der Waals surface area (Å²) in [5.41, 5.74) is 0. The second kappa shape index (κ2) is 49.5. The Bertz CT molecular complexity index is 973. The molecule has 0 spiro atoms. The van der Waals surface area contributed by atoms with Crippen molar-refractivity contribution < 1.29 is 28.6 Å². The molecule has 0 heterocycles. The lowest BCUT2D eigenvalue weighted by Gasteiger charge is -2.18. The van der Waals surface area contributed by atoms with E-state index >= 15 is 0 Å². The van der Waals surface area contributed by atoms with E-state index in [0.29, 0.717) is 19.3 Å². The van der Waals surface area contributed by atoms with Crippen molar-refractivity contribution in [2.24, 2.45) is 0 Å². The van der Waals surface area contributed by atoms with Crippen molar-refractivity contribution in [1.29, 1.82) is 0 Å². The number of rotatable bonds is 48. The van der Waals surface area contributed by atoms with Gasteiger partial charge in [-0.15, -0.1) is 0 Å². The molecule has 1 unspecified atom stereocenters. The van der Waals surface area contributed by atoms with E-state index in [-0.39, 0.29) is 31.1 Å². The van der Waals surface area contributed by atoms with Crippen LogP contribution < -0.4 is 0 Å². The SMILES string of the molecule is CCCCC/C=C\C=C/CCCCCCCCCCCCC(=O)OCC(COC(=O)CCCCCCCCCCCC)OC(=O)CCCCCCCCCCCCCCC. The van der Waals surface area contributed by atoms with E-state index in [1.807, 2.05) is 0 Å². The molecule has 60 heavy (non-hydrogen) atoms. The molecule has 352 valence electrons. The molecule has 0 radical (unpaired) electrons. The first-order valence-electron chi connectivity index (χ1n) is 26.4. The number of esters is 3. The Hall–Kier alpha value is -2.11. The van der Waals surface area contributed by atoms with Crippen molar-refractivity contribution in [1.82, 2.24) is 0 Å². The molecule has 0 aromatic heterocycles. The maximum Gasteiger partial charge on any atom is 0.306 e. The van der Waals surface area contributed by atoms with Gasteiger partial charge in [0, 0.05) is 19.3 Å². The molecule has 0 saturated heterocycles. The molecule has 6 heteroatoms. The lowest BCUT2D eigenvalue weighted by Crippen LogP contribution is -2.30. The molecule has 0 rings (SSSR count). The summed E-state index contributed by atoms with van der Waals surface area (Å²) in [7, 11) is 0. The second-order valence-electron chi connectivity index (χ2n) is 17.8. The smallest absolute Gasteiger partial charge is 0.306 e. The van der Waals surface area contributed by atoms with Crippen molar-refractivity contribution >= 4 is 17.9 Å². The minimum absolute atomic E-state index is 0.0673. The highest BCUT2D eigenvalue weighted by Gasteiger charge is 2.19. The summed E-state index contributed by atoms with van der Waals surface area (Å²) in [6, 6.07) is 0. The van der Waals surface area contributed by atoms with E-state index in [2.05, 4.69) is 45.1 Å². The van der Waals surface area contributed by atoms with Crippen LogP contribution in [0.15, 0.2) is 24.3 Å². The van der Waals surface area contributed by atoms with Crippen LogP contribution in [0.5, 0.6) is 0 Å². The van der Waals surface area contributed by atoms with Crippen molar-refractivity contribution in [3.63, 3.8) is 0 Å². The Balaban J connectivity index is 4.27. The van der Waals surface area contributed by atoms with Gasteiger partial charge in [-0.25, -0.2) is 0 Å². The lowest BCUT2D eigenvalue weighted by atomic mass is 10.0. The minimum Gasteiger partial charge on any atom is -0.462 e. The fraction of sp³-hybridized carbons (Fsp3) is 0.870. The molecule has 0 saturated carbocycles. The highest BCUT2D eigenvalue weighted by atomic mass is 16.6. The summed E-state index contributed by atoms with van der Waals surface area (Å²) in [5.74, 6) is -0.858. The van der Waals surface area contributed by atoms with E-state index in [4.69, 9.17) is 14.2 Å². The largest absolute Gasteiger partial charge is 0.462 e. The van der Waals surface area contributed by atoms with Gasteiger partial charge in [0.15, 0.2) is 6.10 Å². The van der Waals surface area contributed by atoms with Gasteiger partial charge in [0.2, 0.25) is 0 Å². The van der Waals surface area contributed by atoms with E-state index in [0.717, 1.165) is 57.8 Å². The van der Waals surface area contributed by atoms with Crippen molar-refractivity contribution in [2.45, 2.75) is 290 Å². The lowest BCUT2D eigenvalue weighted by molar-refractivity contribution is -0.167. The zero-order valence-corrected chi connectivity index (χ0v) is 40.2. The number of carbonyl (C=O) groups excluding carboxylic acids is 3. The average Bonchev–Trinajstić information content (AvgIpc) is 3.24. The van der Waals surface area contributed by atoms with Crippen molar-refractivity contribution in [3.05, 3.63) is 24.3 Å². The molecule has 1 atom stereocenters. The van der Waals surface area contributed by atoms with Crippen LogP contribution in [-0.2, 0) is 28.6 Å². The van der Waals surface area contributed by atoms with Gasteiger partial charge in [-0.05, 0) is 44.9 Å². The summed E-state index contributed by atoms with van der Waals surface area (Å²) in [4.78, 5) is 37.9. The predicted molar refractivity (Wildman–Crippen MR) is 256 cm³/mol. The van der Waals surface area contributed by atoms with Gasteiger partial charge in [-0.2, -0.15) is 0 Å². The van der Waals surface area contributed by atoms with Crippen LogP contribution in [0.3, 0.4) is 0 Å². The summed E-state index contributed by atoms with van der Waals surface area (Å²) in [5, 5.41) is 0. The minimum atomic E-state index is -0.765. The molecule has 0 aliphatic carbocycles. The van der Waals surface area contributed by atoms with Crippen molar-refractivity contribution in [2.75, 3.05) is 13.2 Å². The van der Waals surface area contributed by atoms with Crippen LogP contribution in [0.25, 0.3) is 0 Å². The Labute approximate surface area is 373 Å². The number of unbranched alkanes of at least 4 members (excludes halogenated alkanes) is 34. The van der Waals surface area contributed by atoms with E-state index in [9.17, 15) is 14.4 Å². The quantitative estimate of drug-likeness (QED) is 0.0263. The second-order valence-corrected chi connectivity index (χ2v) is 17.8. The van der Waals surface area contributed by atoms with Crippen LogP contribution >= 0.6 is 0 Å². The first kappa shape index (κ1) is 57.9. The molecular formula is C54H100O6. The molecule has 0 aromatic carbocycles. The molecule has 6 nitrogen and oxygen atoms in total.